The van der Waals surface area contributed by atoms with Crippen molar-refractivity contribution in [3.05, 3.63) is 42.0 Å². The van der Waals surface area contributed by atoms with Crippen molar-refractivity contribution >= 4 is 25.8 Å². The molecule has 0 saturated carbocycles. The van der Waals surface area contributed by atoms with E-state index in [0.29, 0.717) is 5.75 Å². The van der Waals surface area contributed by atoms with Crippen molar-refractivity contribution in [2.45, 2.75) is 10.4 Å². The molecule has 0 spiro atoms. The Hall–Kier alpha value is -1.47. The highest BCUT2D eigenvalue weighted by molar-refractivity contribution is 9.08. The molecule has 0 bridgehead atoms. The van der Waals surface area contributed by atoms with Crippen LogP contribution < -0.4 is 4.74 Å². The number of sulfone groups is 1. The van der Waals surface area contributed by atoms with Crippen molar-refractivity contribution < 1.29 is 13.2 Å². The zero-order chi connectivity index (χ0) is 13.9. The second-order valence-electron chi connectivity index (χ2n) is 3.86. The van der Waals surface area contributed by atoms with Crippen LogP contribution in [0.1, 0.15) is 5.56 Å². The summed E-state index contributed by atoms with van der Waals surface area (Å²) in [6.45, 7) is 0. The maximum Gasteiger partial charge on any atom is 0.238 e. The van der Waals surface area contributed by atoms with Crippen LogP contribution in [-0.2, 0) is 15.2 Å². The highest BCUT2D eigenvalue weighted by atomic mass is 79.9. The first-order valence-electron chi connectivity index (χ1n) is 5.35. The summed E-state index contributed by atoms with van der Waals surface area (Å²) in [5, 5.41) is 8.03. The lowest BCUT2D eigenvalue weighted by atomic mass is 10.2. The van der Waals surface area contributed by atoms with Crippen LogP contribution in [0.2, 0.25) is 0 Å². The lowest BCUT2D eigenvalue weighted by molar-refractivity contribution is 0.451. The molecule has 0 radical (unpaired) electrons. The Morgan fingerprint density at radius 3 is 2.26 bits per heavy atom. The van der Waals surface area contributed by atoms with Gasteiger partial charge in [0.1, 0.15) is 5.75 Å². The van der Waals surface area contributed by atoms with Crippen LogP contribution in [0.5, 0.6) is 11.6 Å². The van der Waals surface area contributed by atoms with Gasteiger partial charge in [-0.15, -0.1) is 10.2 Å². The minimum absolute atomic E-state index is 0.0745. The molecular weight excluding hydrogens is 332 g/mol. The minimum Gasteiger partial charge on any atom is -0.438 e. The third-order valence-corrected chi connectivity index (χ3v) is 3.92. The number of rotatable bonds is 4. The van der Waals surface area contributed by atoms with Crippen molar-refractivity contribution in [2.24, 2.45) is 0 Å². The van der Waals surface area contributed by atoms with E-state index >= 15 is 0 Å². The number of hydrogen-bond donors (Lipinski definition) is 0. The van der Waals surface area contributed by atoms with E-state index in [0.717, 1.165) is 17.1 Å². The van der Waals surface area contributed by atoms with Gasteiger partial charge in [-0.2, -0.15) is 0 Å². The van der Waals surface area contributed by atoms with Crippen molar-refractivity contribution in [2.75, 3.05) is 6.26 Å². The number of halogens is 1. The number of ether oxygens (including phenoxy) is 1. The Morgan fingerprint density at radius 2 is 1.79 bits per heavy atom. The number of nitrogens with zero attached hydrogens (tertiary/aromatic N) is 2. The summed E-state index contributed by atoms with van der Waals surface area (Å²) in [4.78, 5) is 0. The molecule has 0 amide bonds. The number of aromatic nitrogens is 2. The minimum atomic E-state index is -3.34. The summed E-state index contributed by atoms with van der Waals surface area (Å²) in [7, 11) is -3.34. The fourth-order valence-electron chi connectivity index (χ4n) is 1.33. The molecule has 7 heteroatoms. The van der Waals surface area contributed by atoms with Gasteiger partial charge in [0, 0.05) is 17.7 Å². The maximum absolute atomic E-state index is 11.2. The van der Waals surface area contributed by atoms with Crippen molar-refractivity contribution in [1.82, 2.24) is 10.2 Å². The van der Waals surface area contributed by atoms with Gasteiger partial charge < -0.3 is 4.74 Å². The molecule has 0 aliphatic carbocycles. The first kappa shape index (κ1) is 14.0. The number of hydrogen-bond acceptors (Lipinski definition) is 5. The molecule has 100 valence electrons. The number of benzene rings is 1. The fraction of sp³-hybridized carbons (Fsp3) is 0.167. The van der Waals surface area contributed by atoms with Gasteiger partial charge in [0.2, 0.25) is 5.88 Å². The summed E-state index contributed by atoms with van der Waals surface area (Å²) >= 11 is 3.36. The zero-order valence-corrected chi connectivity index (χ0v) is 12.5. The second-order valence-corrected chi connectivity index (χ2v) is 6.38. The second kappa shape index (κ2) is 5.66. The van der Waals surface area contributed by atoms with Crippen LogP contribution in [0, 0.1) is 0 Å². The Labute approximate surface area is 119 Å². The van der Waals surface area contributed by atoms with Gasteiger partial charge in [0.05, 0.1) is 0 Å². The van der Waals surface area contributed by atoms with Crippen molar-refractivity contribution in [1.29, 1.82) is 0 Å². The van der Waals surface area contributed by atoms with Gasteiger partial charge in [-0.25, -0.2) is 8.42 Å². The average Bonchev–Trinajstić information content (AvgIpc) is 2.39. The van der Waals surface area contributed by atoms with Crippen LogP contribution in [0.15, 0.2) is 41.4 Å². The third kappa shape index (κ3) is 3.74. The smallest absolute Gasteiger partial charge is 0.238 e. The first-order chi connectivity index (χ1) is 8.99. The quantitative estimate of drug-likeness (QED) is 0.798. The predicted octanol–water partition coefficient (Wildman–Crippen LogP) is 2.57. The van der Waals surface area contributed by atoms with E-state index in [1.807, 2.05) is 24.3 Å². The highest BCUT2D eigenvalue weighted by Crippen LogP contribution is 2.20. The van der Waals surface area contributed by atoms with Gasteiger partial charge in [-0.1, -0.05) is 28.1 Å². The topological polar surface area (TPSA) is 69.2 Å². The summed E-state index contributed by atoms with van der Waals surface area (Å²) in [5.41, 5.74) is 1.13. The number of alkyl halides is 1. The molecule has 0 atom stereocenters. The molecular formula is C12H11BrN2O3S. The van der Waals surface area contributed by atoms with E-state index in [-0.39, 0.29) is 10.9 Å². The molecule has 0 fully saturated rings. The zero-order valence-electron chi connectivity index (χ0n) is 10.1. The molecule has 0 aliphatic rings. The normalized spacial score (nSPS) is 11.3. The van der Waals surface area contributed by atoms with E-state index in [2.05, 4.69) is 26.1 Å². The SMILES string of the molecule is CS(=O)(=O)c1ccc(Oc2ccc(CBr)cc2)nn1. The van der Waals surface area contributed by atoms with E-state index in [9.17, 15) is 8.42 Å². The maximum atomic E-state index is 11.2. The van der Waals surface area contributed by atoms with E-state index in [1.54, 1.807) is 0 Å². The van der Waals surface area contributed by atoms with Gasteiger partial charge >= 0.3 is 0 Å². The average molecular weight is 343 g/mol. The van der Waals surface area contributed by atoms with Crippen LogP contribution in [-0.4, -0.2) is 24.9 Å². The van der Waals surface area contributed by atoms with Crippen molar-refractivity contribution in [3.8, 4) is 11.6 Å². The standard InChI is InChI=1S/C12H11BrN2O3S/c1-19(16,17)12-7-6-11(14-15-12)18-10-4-2-9(8-13)3-5-10/h2-7H,8H2,1H3. The largest absolute Gasteiger partial charge is 0.438 e. The monoisotopic (exact) mass is 342 g/mol. The molecule has 19 heavy (non-hydrogen) atoms. The molecule has 0 N–H and O–H groups in total. The highest BCUT2D eigenvalue weighted by Gasteiger charge is 2.09. The van der Waals surface area contributed by atoms with E-state index in [1.165, 1.54) is 12.1 Å². The van der Waals surface area contributed by atoms with Crippen LogP contribution in [0.3, 0.4) is 0 Å². The van der Waals surface area contributed by atoms with Crippen LogP contribution >= 0.6 is 15.9 Å². The lowest BCUT2D eigenvalue weighted by Crippen LogP contribution is -2.02. The van der Waals surface area contributed by atoms with Gasteiger partial charge in [0.15, 0.2) is 14.9 Å². The fourth-order valence-corrected chi connectivity index (χ4v) is 2.21. The molecule has 0 saturated heterocycles. The van der Waals surface area contributed by atoms with E-state index < -0.39 is 9.84 Å². The molecule has 2 aromatic rings. The Morgan fingerprint density at radius 1 is 1.11 bits per heavy atom. The summed E-state index contributed by atoms with van der Waals surface area (Å²) in [6, 6.07) is 10.3. The summed E-state index contributed by atoms with van der Waals surface area (Å²) in [5.74, 6) is 0.866. The van der Waals surface area contributed by atoms with Crippen molar-refractivity contribution in [3.63, 3.8) is 0 Å². The Bertz CT molecular complexity index is 654. The van der Waals surface area contributed by atoms with Gasteiger partial charge in [0.25, 0.3) is 0 Å². The molecule has 1 aromatic heterocycles. The molecule has 1 heterocycles. The summed E-state index contributed by atoms with van der Waals surface area (Å²) < 4.78 is 27.9. The predicted molar refractivity (Wildman–Crippen MR) is 74.3 cm³/mol. The lowest BCUT2D eigenvalue weighted by Gasteiger charge is -2.04. The molecule has 0 aliphatic heterocycles. The van der Waals surface area contributed by atoms with Gasteiger partial charge in [-0.05, 0) is 23.8 Å². The molecule has 0 unspecified atom stereocenters. The van der Waals surface area contributed by atoms with E-state index in [4.69, 9.17) is 4.74 Å². The first-order valence-corrected chi connectivity index (χ1v) is 8.37. The van der Waals surface area contributed by atoms with Crippen LogP contribution in [0.25, 0.3) is 0 Å². The van der Waals surface area contributed by atoms with Crippen LogP contribution in [0.4, 0.5) is 0 Å². The molecule has 5 nitrogen and oxygen atoms in total. The Kier molecular flexibility index (Phi) is 4.16. The molecule has 1 aromatic carbocycles. The third-order valence-electron chi connectivity index (χ3n) is 2.30. The summed E-state index contributed by atoms with van der Waals surface area (Å²) in [6.07, 6.45) is 1.08. The molecule has 2 rings (SSSR count). The Balaban J connectivity index is 2.15. The van der Waals surface area contributed by atoms with Gasteiger partial charge in [-0.3, -0.25) is 0 Å².